The van der Waals surface area contributed by atoms with Gasteiger partial charge in [0.1, 0.15) is 5.69 Å². The summed E-state index contributed by atoms with van der Waals surface area (Å²) in [4.78, 5) is 14.4. The van der Waals surface area contributed by atoms with Crippen LogP contribution in [0.25, 0.3) is 5.52 Å². The van der Waals surface area contributed by atoms with Gasteiger partial charge < -0.3 is 9.64 Å². The van der Waals surface area contributed by atoms with Gasteiger partial charge in [-0.25, -0.2) is 4.52 Å². The van der Waals surface area contributed by atoms with Crippen LogP contribution in [0.3, 0.4) is 0 Å². The van der Waals surface area contributed by atoms with Crippen LogP contribution in [-0.2, 0) is 4.74 Å². The molecule has 0 N–H and O–H groups in total. The molecule has 1 fully saturated rings. The maximum absolute atomic E-state index is 12.6. The second-order valence-corrected chi connectivity index (χ2v) is 5.41. The number of ether oxygens (including phenoxy) is 1. The third-order valence-electron chi connectivity index (χ3n) is 3.35. The Morgan fingerprint density at radius 3 is 3.00 bits per heavy atom. The minimum absolute atomic E-state index is 0.00525. The molecular formula is C14H17N3O2. The highest BCUT2D eigenvalue weighted by molar-refractivity contribution is 5.93. The van der Waals surface area contributed by atoms with Crippen molar-refractivity contribution in [2.75, 3.05) is 19.7 Å². The Bertz CT molecular complexity index is 618. The normalized spacial score (nSPS) is 18.7. The molecule has 100 valence electrons. The molecule has 5 nitrogen and oxygen atoms in total. The highest BCUT2D eigenvalue weighted by atomic mass is 16.5. The molecular weight excluding hydrogens is 242 g/mol. The van der Waals surface area contributed by atoms with E-state index in [9.17, 15) is 4.79 Å². The molecule has 0 radical (unpaired) electrons. The number of nitrogens with zero attached hydrogens (tertiary/aromatic N) is 3. The van der Waals surface area contributed by atoms with E-state index in [4.69, 9.17) is 4.74 Å². The number of carbonyl (C=O) groups is 1. The van der Waals surface area contributed by atoms with Gasteiger partial charge >= 0.3 is 0 Å². The van der Waals surface area contributed by atoms with Gasteiger partial charge in [-0.15, -0.1) is 0 Å². The molecule has 3 heterocycles. The Morgan fingerprint density at radius 2 is 2.21 bits per heavy atom. The molecule has 1 aliphatic rings. The van der Waals surface area contributed by atoms with Crippen molar-refractivity contribution in [2.24, 2.45) is 0 Å². The lowest BCUT2D eigenvalue weighted by molar-refractivity contribution is -0.0765. The maximum Gasteiger partial charge on any atom is 0.272 e. The first-order valence-electron chi connectivity index (χ1n) is 6.43. The van der Waals surface area contributed by atoms with E-state index >= 15 is 0 Å². The quantitative estimate of drug-likeness (QED) is 0.781. The minimum Gasteiger partial charge on any atom is -0.372 e. The van der Waals surface area contributed by atoms with Crippen LogP contribution < -0.4 is 0 Å². The lowest BCUT2D eigenvalue weighted by Crippen LogP contribution is -2.50. The first-order chi connectivity index (χ1) is 9.07. The number of pyridine rings is 1. The van der Waals surface area contributed by atoms with E-state index in [2.05, 4.69) is 5.10 Å². The Balaban J connectivity index is 1.93. The fourth-order valence-electron chi connectivity index (χ4n) is 2.46. The third-order valence-corrected chi connectivity index (χ3v) is 3.35. The van der Waals surface area contributed by atoms with E-state index in [0.29, 0.717) is 25.4 Å². The number of hydrogen-bond donors (Lipinski definition) is 0. The van der Waals surface area contributed by atoms with Gasteiger partial charge in [0.25, 0.3) is 5.91 Å². The molecule has 0 aromatic carbocycles. The molecule has 0 atom stereocenters. The van der Waals surface area contributed by atoms with Crippen molar-refractivity contribution in [1.29, 1.82) is 0 Å². The van der Waals surface area contributed by atoms with Crippen molar-refractivity contribution in [2.45, 2.75) is 19.4 Å². The van der Waals surface area contributed by atoms with E-state index in [1.54, 1.807) is 10.7 Å². The van der Waals surface area contributed by atoms with Gasteiger partial charge in [-0.05, 0) is 32.0 Å². The molecule has 0 aliphatic carbocycles. The first-order valence-corrected chi connectivity index (χ1v) is 6.43. The van der Waals surface area contributed by atoms with Crippen molar-refractivity contribution >= 4 is 11.4 Å². The summed E-state index contributed by atoms with van der Waals surface area (Å²) in [5.74, 6) is 0.00525. The summed E-state index contributed by atoms with van der Waals surface area (Å²) in [5.41, 5.74) is 1.24. The fraction of sp³-hybridized carbons (Fsp3) is 0.429. The number of fused-ring (bicyclic) bond motifs is 1. The summed E-state index contributed by atoms with van der Waals surface area (Å²) in [6.45, 7) is 5.80. The first kappa shape index (κ1) is 12.2. The topological polar surface area (TPSA) is 46.8 Å². The van der Waals surface area contributed by atoms with Gasteiger partial charge in [0.05, 0.1) is 23.9 Å². The minimum atomic E-state index is -0.286. The zero-order chi connectivity index (χ0) is 13.5. The van der Waals surface area contributed by atoms with Crippen molar-refractivity contribution in [3.63, 3.8) is 0 Å². The second-order valence-electron chi connectivity index (χ2n) is 5.41. The highest BCUT2D eigenvalue weighted by Gasteiger charge is 2.31. The van der Waals surface area contributed by atoms with Gasteiger partial charge in [-0.3, -0.25) is 4.79 Å². The molecule has 0 spiro atoms. The molecule has 3 rings (SSSR count). The van der Waals surface area contributed by atoms with Crippen LogP contribution >= 0.6 is 0 Å². The van der Waals surface area contributed by atoms with Crippen LogP contribution in [-0.4, -0.2) is 45.7 Å². The average Bonchev–Trinajstić information content (AvgIpc) is 2.84. The Morgan fingerprint density at radius 1 is 1.37 bits per heavy atom. The Kier molecular flexibility index (Phi) is 2.78. The predicted octanol–water partition coefficient (Wildman–Crippen LogP) is 1.59. The Hall–Kier alpha value is -1.88. The van der Waals surface area contributed by atoms with Gasteiger partial charge in [0.15, 0.2) is 0 Å². The molecule has 5 heteroatoms. The van der Waals surface area contributed by atoms with Crippen LogP contribution in [0.2, 0.25) is 0 Å². The second kappa shape index (κ2) is 4.35. The summed E-state index contributed by atoms with van der Waals surface area (Å²) < 4.78 is 7.32. The molecule has 1 amide bonds. The number of amides is 1. The lowest BCUT2D eigenvalue weighted by Gasteiger charge is -2.38. The van der Waals surface area contributed by atoms with E-state index < -0.39 is 0 Å². The SMILES string of the molecule is CC1(C)CN(C(=O)c2cccc3ccnn23)CCO1. The van der Waals surface area contributed by atoms with Crippen molar-refractivity contribution < 1.29 is 9.53 Å². The van der Waals surface area contributed by atoms with E-state index in [1.807, 2.05) is 43.0 Å². The lowest BCUT2D eigenvalue weighted by atomic mass is 10.1. The summed E-state index contributed by atoms with van der Waals surface area (Å²) >= 11 is 0. The molecule has 2 aromatic heterocycles. The molecule has 19 heavy (non-hydrogen) atoms. The monoisotopic (exact) mass is 259 g/mol. The smallest absolute Gasteiger partial charge is 0.272 e. The third kappa shape index (κ3) is 2.21. The largest absolute Gasteiger partial charge is 0.372 e. The van der Waals surface area contributed by atoms with Crippen LogP contribution in [0, 0.1) is 0 Å². The number of carbonyl (C=O) groups excluding carboxylic acids is 1. The maximum atomic E-state index is 12.6. The summed E-state index contributed by atoms with van der Waals surface area (Å²) in [6, 6.07) is 7.52. The molecule has 1 aliphatic heterocycles. The van der Waals surface area contributed by atoms with E-state index in [1.165, 1.54) is 0 Å². The number of rotatable bonds is 1. The summed E-state index contributed by atoms with van der Waals surface area (Å²) in [5, 5.41) is 4.21. The zero-order valence-electron chi connectivity index (χ0n) is 11.2. The predicted molar refractivity (Wildman–Crippen MR) is 71.1 cm³/mol. The van der Waals surface area contributed by atoms with Gasteiger partial charge in [0.2, 0.25) is 0 Å². The van der Waals surface area contributed by atoms with Crippen LogP contribution in [0.4, 0.5) is 0 Å². The zero-order valence-corrected chi connectivity index (χ0v) is 11.2. The molecule has 0 unspecified atom stereocenters. The number of morpholine rings is 1. The number of hydrogen-bond acceptors (Lipinski definition) is 3. The standard InChI is InChI=1S/C14H17N3O2/c1-14(2)10-16(8-9-19-14)13(18)12-5-3-4-11-6-7-15-17(11)12/h3-7H,8-10H2,1-2H3. The molecule has 0 saturated carbocycles. The fourth-order valence-corrected chi connectivity index (χ4v) is 2.46. The van der Waals surface area contributed by atoms with Gasteiger partial charge in [-0.2, -0.15) is 5.10 Å². The molecule has 0 bridgehead atoms. The number of aromatic nitrogens is 2. The van der Waals surface area contributed by atoms with Crippen LogP contribution in [0.5, 0.6) is 0 Å². The van der Waals surface area contributed by atoms with E-state index in [-0.39, 0.29) is 11.5 Å². The van der Waals surface area contributed by atoms with Crippen molar-refractivity contribution in [3.8, 4) is 0 Å². The van der Waals surface area contributed by atoms with Crippen molar-refractivity contribution in [3.05, 3.63) is 36.2 Å². The van der Waals surface area contributed by atoms with Crippen molar-refractivity contribution in [1.82, 2.24) is 14.5 Å². The Labute approximate surface area is 111 Å². The van der Waals surface area contributed by atoms with Crippen LogP contribution in [0.1, 0.15) is 24.3 Å². The van der Waals surface area contributed by atoms with Gasteiger partial charge in [0, 0.05) is 13.1 Å². The highest BCUT2D eigenvalue weighted by Crippen LogP contribution is 2.18. The van der Waals surface area contributed by atoms with Gasteiger partial charge in [-0.1, -0.05) is 6.07 Å². The summed E-state index contributed by atoms with van der Waals surface area (Å²) in [6.07, 6.45) is 1.70. The van der Waals surface area contributed by atoms with Crippen LogP contribution in [0.15, 0.2) is 30.5 Å². The summed E-state index contributed by atoms with van der Waals surface area (Å²) in [7, 11) is 0. The molecule has 2 aromatic rings. The van der Waals surface area contributed by atoms with E-state index in [0.717, 1.165) is 5.52 Å². The molecule has 1 saturated heterocycles. The average molecular weight is 259 g/mol.